The number of nitrogens with one attached hydrogen (secondary N) is 1. The number of carbonyl (C=O) groups is 1. The highest BCUT2D eigenvalue weighted by molar-refractivity contribution is 5.81. The van der Waals surface area contributed by atoms with Gasteiger partial charge < -0.3 is 20.4 Å². The number of amides is 1. The first-order chi connectivity index (χ1) is 12.1. The third-order valence-corrected chi connectivity index (χ3v) is 5.35. The first kappa shape index (κ1) is 18.4. The molecular weight excluding hydrogens is 316 g/mol. The Morgan fingerprint density at radius 3 is 2.44 bits per heavy atom. The van der Waals surface area contributed by atoms with Crippen LogP contribution in [0.2, 0.25) is 0 Å². The van der Waals surface area contributed by atoms with Crippen LogP contribution in [-0.4, -0.2) is 58.9 Å². The van der Waals surface area contributed by atoms with E-state index in [1.807, 2.05) is 18.2 Å². The van der Waals surface area contributed by atoms with Gasteiger partial charge in [0.2, 0.25) is 5.91 Å². The van der Waals surface area contributed by atoms with E-state index in [-0.39, 0.29) is 17.9 Å². The SMILES string of the molecule is O=C(NC1CC1)C(O)C1CCN(CC(O)CCc2ccccc2)CC1. The van der Waals surface area contributed by atoms with Gasteiger partial charge in [-0.2, -0.15) is 0 Å². The molecule has 0 aromatic heterocycles. The van der Waals surface area contributed by atoms with E-state index in [2.05, 4.69) is 22.3 Å². The fraction of sp³-hybridized carbons (Fsp3) is 0.650. The van der Waals surface area contributed by atoms with Crippen molar-refractivity contribution < 1.29 is 15.0 Å². The summed E-state index contributed by atoms with van der Waals surface area (Å²) >= 11 is 0. The number of nitrogens with zero attached hydrogens (tertiary/aromatic N) is 1. The lowest BCUT2D eigenvalue weighted by atomic mass is 9.90. The minimum Gasteiger partial charge on any atom is -0.392 e. The van der Waals surface area contributed by atoms with Crippen molar-refractivity contribution in [3.63, 3.8) is 0 Å². The number of benzene rings is 1. The van der Waals surface area contributed by atoms with E-state index in [1.165, 1.54) is 5.56 Å². The first-order valence-electron chi connectivity index (χ1n) is 9.54. The van der Waals surface area contributed by atoms with Crippen LogP contribution in [0.4, 0.5) is 0 Å². The molecule has 0 spiro atoms. The number of aryl methyl sites for hydroxylation is 1. The summed E-state index contributed by atoms with van der Waals surface area (Å²) in [5, 5.41) is 23.4. The molecule has 2 aliphatic rings. The van der Waals surface area contributed by atoms with Crippen LogP contribution in [0.1, 0.15) is 37.7 Å². The quantitative estimate of drug-likeness (QED) is 0.664. The third-order valence-electron chi connectivity index (χ3n) is 5.35. The van der Waals surface area contributed by atoms with Gasteiger partial charge in [-0.1, -0.05) is 30.3 Å². The molecule has 3 N–H and O–H groups in total. The van der Waals surface area contributed by atoms with Crippen molar-refractivity contribution in [1.29, 1.82) is 0 Å². The lowest BCUT2D eigenvalue weighted by molar-refractivity contribution is -0.133. The van der Waals surface area contributed by atoms with Crippen LogP contribution >= 0.6 is 0 Å². The molecule has 1 aliphatic carbocycles. The van der Waals surface area contributed by atoms with Crippen LogP contribution in [0.3, 0.4) is 0 Å². The summed E-state index contributed by atoms with van der Waals surface area (Å²) in [5.41, 5.74) is 1.25. The molecule has 1 saturated carbocycles. The number of piperidine rings is 1. The number of β-amino-alcohol motifs (C(OH)–C–C–N with tert-alkyl or cyclic N) is 1. The summed E-state index contributed by atoms with van der Waals surface area (Å²) in [5.74, 6) is -0.166. The molecule has 1 aromatic rings. The van der Waals surface area contributed by atoms with E-state index in [9.17, 15) is 15.0 Å². The molecule has 138 valence electrons. The highest BCUT2D eigenvalue weighted by Crippen LogP contribution is 2.23. The highest BCUT2D eigenvalue weighted by atomic mass is 16.3. The standard InChI is InChI=1S/C20H30N2O3/c23-18(9-6-15-4-2-1-3-5-15)14-22-12-10-16(11-13-22)19(24)20(25)21-17-7-8-17/h1-5,16-19,23-24H,6-14H2,(H,21,25). The Bertz CT molecular complexity index is 539. The fourth-order valence-electron chi connectivity index (χ4n) is 3.55. The van der Waals surface area contributed by atoms with Gasteiger partial charge in [0.05, 0.1) is 6.10 Å². The summed E-state index contributed by atoms with van der Waals surface area (Å²) in [6, 6.07) is 10.5. The van der Waals surface area contributed by atoms with Crippen LogP contribution < -0.4 is 5.32 Å². The zero-order valence-electron chi connectivity index (χ0n) is 14.8. The Labute approximate surface area is 150 Å². The number of aliphatic hydroxyl groups is 2. The molecule has 2 unspecified atom stereocenters. The van der Waals surface area contributed by atoms with Crippen molar-refractivity contribution in [2.45, 2.75) is 56.8 Å². The Hall–Kier alpha value is -1.43. The normalized spacial score (nSPS) is 21.7. The number of rotatable bonds is 8. The smallest absolute Gasteiger partial charge is 0.249 e. The molecule has 1 amide bonds. The predicted molar refractivity (Wildman–Crippen MR) is 97.1 cm³/mol. The minimum absolute atomic E-state index is 0.0384. The first-order valence-corrected chi connectivity index (χ1v) is 9.54. The largest absolute Gasteiger partial charge is 0.392 e. The summed E-state index contributed by atoms with van der Waals surface area (Å²) in [6.07, 6.45) is 4.13. The van der Waals surface area contributed by atoms with Crippen LogP contribution in [-0.2, 0) is 11.2 Å². The van der Waals surface area contributed by atoms with Gasteiger partial charge >= 0.3 is 0 Å². The molecule has 0 radical (unpaired) electrons. The molecule has 2 fully saturated rings. The second-order valence-corrected chi connectivity index (χ2v) is 7.54. The van der Waals surface area contributed by atoms with Crippen molar-refractivity contribution in [2.24, 2.45) is 5.92 Å². The molecule has 3 rings (SSSR count). The van der Waals surface area contributed by atoms with Gasteiger partial charge in [0, 0.05) is 12.6 Å². The maximum absolute atomic E-state index is 12.0. The van der Waals surface area contributed by atoms with E-state index in [0.29, 0.717) is 12.6 Å². The topological polar surface area (TPSA) is 72.8 Å². The van der Waals surface area contributed by atoms with Crippen LogP contribution in [0.25, 0.3) is 0 Å². The highest BCUT2D eigenvalue weighted by Gasteiger charge is 2.33. The fourth-order valence-corrected chi connectivity index (χ4v) is 3.55. The zero-order valence-corrected chi connectivity index (χ0v) is 14.8. The molecule has 1 aliphatic heterocycles. The minimum atomic E-state index is -0.884. The Morgan fingerprint density at radius 2 is 1.80 bits per heavy atom. The monoisotopic (exact) mass is 346 g/mol. The van der Waals surface area contributed by atoms with E-state index in [0.717, 1.165) is 51.6 Å². The van der Waals surface area contributed by atoms with Gasteiger partial charge in [-0.05, 0) is 63.1 Å². The molecule has 2 atom stereocenters. The molecule has 1 heterocycles. The van der Waals surface area contributed by atoms with Gasteiger partial charge in [0.25, 0.3) is 0 Å². The maximum Gasteiger partial charge on any atom is 0.249 e. The summed E-state index contributed by atoms with van der Waals surface area (Å²) in [7, 11) is 0. The second-order valence-electron chi connectivity index (χ2n) is 7.54. The molecular formula is C20H30N2O3. The number of hydrogen-bond donors (Lipinski definition) is 3. The summed E-state index contributed by atoms with van der Waals surface area (Å²) in [4.78, 5) is 14.2. The number of aliphatic hydroxyl groups excluding tert-OH is 2. The molecule has 5 heteroatoms. The molecule has 25 heavy (non-hydrogen) atoms. The van der Waals surface area contributed by atoms with Crippen molar-refractivity contribution in [3.05, 3.63) is 35.9 Å². The summed E-state index contributed by atoms with van der Waals surface area (Å²) < 4.78 is 0. The predicted octanol–water partition coefficient (Wildman–Crippen LogP) is 1.33. The number of likely N-dealkylation sites (tertiary alicyclic amines) is 1. The average molecular weight is 346 g/mol. The van der Waals surface area contributed by atoms with Crippen LogP contribution in [0.15, 0.2) is 30.3 Å². The lowest BCUT2D eigenvalue weighted by Crippen LogP contribution is -2.46. The molecule has 1 aromatic carbocycles. The molecule has 0 bridgehead atoms. The average Bonchev–Trinajstić information content (AvgIpc) is 3.45. The van der Waals surface area contributed by atoms with Crippen molar-refractivity contribution in [1.82, 2.24) is 10.2 Å². The Kier molecular flexibility index (Phi) is 6.45. The lowest BCUT2D eigenvalue weighted by Gasteiger charge is -2.34. The van der Waals surface area contributed by atoms with E-state index in [1.54, 1.807) is 0 Å². The van der Waals surface area contributed by atoms with Crippen molar-refractivity contribution in [2.75, 3.05) is 19.6 Å². The Balaban J connectivity index is 1.34. The van der Waals surface area contributed by atoms with E-state index in [4.69, 9.17) is 0 Å². The van der Waals surface area contributed by atoms with Crippen molar-refractivity contribution in [3.8, 4) is 0 Å². The summed E-state index contributed by atoms with van der Waals surface area (Å²) in [6.45, 7) is 2.34. The third kappa shape index (κ3) is 5.80. The van der Waals surface area contributed by atoms with Crippen molar-refractivity contribution >= 4 is 5.91 Å². The van der Waals surface area contributed by atoms with E-state index < -0.39 is 6.10 Å². The van der Waals surface area contributed by atoms with Gasteiger partial charge in [-0.25, -0.2) is 0 Å². The van der Waals surface area contributed by atoms with Crippen LogP contribution in [0.5, 0.6) is 0 Å². The Morgan fingerprint density at radius 1 is 1.12 bits per heavy atom. The zero-order chi connectivity index (χ0) is 17.6. The van der Waals surface area contributed by atoms with Gasteiger partial charge in [-0.15, -0.1) is 0 Å². The number of carbonyl (C=O) groups excluding carboxylic acids is 1. The van der Waals surface area contributed by atoms with Gasteiger partial charge in [-0.3, -0.25) is 4.79 Å². The van der Waals surface area contributed by atoms with Gasteiger partial charge in [0.1, 0.15) is 6.10 Å². The van der Waals surface area contributed by atoms with E-state index >= 15 is 0 Å². The second kappa shape index (κ2) is 8.79. The van der Waals surface area contributed by atoms with Crippen LogP contribution in [0, 0.1) is 5.92 Å². The maximum atomic E-state index is 12.0. The number of hydrogen-bond acceptors (Lipinski definition) is 4. The molecule has 5 nitrogen and oxygen atoms in total. The van der Waals surface area contributed by atoms with Gasteiger partial charge in [0.15, 0.2) is 0 Å². The molecule has 1 saturated heterocycles.